The number of hydrogen-bond donors (Lipinski definition) is 2. The van der Waals surface area contributed by atoms with E-state index >= 15 is 0 Å². The molecule has 24 heavy (non-hydrogen) atoms. The molecule has 126 valence electrons. The molecule has 2 aromatic carbocycles. The molecule has 0 saturated heterocycles. The molecule has 2 aromatic rings. The van der Waals surface area contributed by atoms with Crippen molar-refractivity contribution in [1.82, 2.24) is 5.43 Å². The lowest BCUT2D eigenvalue weighted by molar-refractivity contribution is 0.355. The largest absolute Gasteiger partial charge is 0.493 e. The first-order valence-electron chi connectivity index (χ1n) is 7.43. The quantitative estimate of drug-likeness (QED) is 0.493. The number of thiocarbonyl (C=S) groups is 1. The number of methoxy groups -OCH3 is 2. The lowest BCUT2D eigenvalue weighted by Crippen LogP contribution is -2.24. The van der Waals surface area contributed by atoms with E-state index in [2.05, 4.69) is 28.8 Å². The van der Waals surface area contributed by atoms with Gasteiger partial charge in [-0.05, 0) is 67.0 Å². The number of ether oxygens (including phenoxy) is 2. The van der Waals surface area contributed by atoms with Crippen LogP contribution in [-0.2, 0) is 0 Å². The van der Waals surface area contributed by atoms with Crippen LogP contribution in [0.3, 0.4) is 0 Å². The van der Waals surface area contributed by atoms with Crippen molar-refractivity contribution in [2.75, 3.05) is 19.5 Å². The van der Waals surface area contributed by atoms with Crippen molar-refractivity contribution in [2.45, 2.75) is 13.8 Å². The second kappa shape index (κ2) is 8.31. The smallest absolute Gasteiger partial charge is 0.191 e. The highest BCUT2D eigenvalue weighted by atomic mass is 32.1. The highest BCUT2D eigenvalue weighted by Gasteiger charge is 2.04. The standard InChI is InChI=1S/C18H21N3O2S/c1-12-6-5-7-15(13(12)2)20-18(24)21-19-11-14-8-9-16(22-3)17(10-14)23-4/h5-11H,1-4H3,(H2,20,21,24)/b19-11-. The number of benzene rings is 2. The Balaban J connectivity index is 1.98. The second-order valence-electron chi connectivity index (χ2n) is 5.19. The van der Waals surface area contributed by atoms with Gasteiger partial charge >= 0.3 is 0 Å². The maximum Gasteiger partial charge on any atom is 0.191 e. The number of nitrogens with one attached hydrogen (secondary N) is 2. The third-order valence-corrected chi connectivity index (χ3v) is 3.83. The molecule has 2 N–H and O–H groups in total. The van der Waals surface area contributed by atoms with Crippen LogP contribution in [-0.4, -0.2) is 25.5 Å². The Labute approximate surface area is 147 Å². The molecule has 0 radical (unpaired) electrons. The number of aryl methyl sites for hydroxylation is 1. The molecule has 0 bridgehead atoms. The summed E-state index contributed by atoms with van der Waals surface area (Å²) in [5.74, 6) is 1.33. The highest BCUT2D eigenvalue weighted by Crippen LogP contribution is 2.26. The maximum absolute atomic E-state index is 5.26. The maximum atomic E-state index is 5.26. The van der Waals surface area contributed by atoms with Gasteiger partial charge in [-0.2, -0.15) is 5.10 Å². The summed E-state index contributed by atoms with van der Waals surface area (Å²) in [5, 5.41) is 7.72. The van der Waals surface area contributed by atoms with Gasteiger partial charge in [0.25, 0.3) is 0 Å². The van der Waals surface area contributed by atoms with Crippen molar-refractivity contribution in [2.24, 2.45) is 5.10 Å². The first-order chi connectivity index (χ1) is 11.5. The average molecular weight is 343 g/mol. The summed E-state index contributed by atoms with van der Waals surface area (Å²) < 4.78 is 10.5. The molecule has 0 unspecified atom stereocenters. The summed E-state index contributed by atoms with van der Waals surface area (Å²) in [4.78, 5) is 0. The van der Waals surface area contributed by atoms with Gasteiger partial charge in [-0.25, -0.2) is 0 Å². The van der Waals surface area contributed by atoms with Crippen molar-refractivity contribution in [3.63, 3.8) is 0 Å². The Bertz CT molecular complexity index is 760. The molecule has 0 saturated carbocycles. The number of nitrogens with zero attached hydrogens (tertiary/aromatic N) is 1. The first kappa shape index (κ1) is 17.7. The van der Waals surface area contributed by atoms with Crippen LogP contribution < -0.4 is 20.2 Å². The molecule has 0 fully saturated rings. The second-order valence-corrected chi connectivity index (χ2v) is 5.59. The van der Waals surface area contributed by atoms with Crippen LogP contribution in [0.15, 0.2) is 41.5 Å². The molecule has 0 spiro atoms. The highest BCUT2D eigenvalue weighted by molar-refractivity contribution is 7.80. The summed E-state index contributed by atoms with van der Waals surface area (Å²) in [5.41, 5.74) is 7.01. The van der Waals surface area contributed by atoms with Gasteiger partial charge in [0.1, 0.15) is 0 Å². The van der Waals surface area contributed by atoms with Crippen LogP contribution in [0.4, 0.5) is 5.69 Å². The number of hydrazone groups is 1. The van der Waals surface area contributed by atoms with Gasteiger partial charge < -0.3 is 14.8 Å². The Morgan fingerprint density at radius 2 is 1.83 bits per heavy atom. The van der Waals surface area contributed by atoms with Gasteiger partial charge in [0.05, 0.1) is 20.4 Å². The third kappa shape index (κ3) is 4.45. The molecular formula is C18H21N3O2S. The van der Waals surface area contributed by atoms with Gasteiger partial charge in [-0.15, -0.1) is 0 Å². The van der Waals surface area contributed by atoms with Crippen molar-refractivity contribution < 1.29 is 9.47 Å². The number of anilines is 1. The van der Waals surface area contributed by atoms with Crippen molar-refractivity contribution in [3.8, 4) is 11.5 Å². The fourth-order valence-electron chi connectivity index (χ4n) is 2.14. The van der Waals surface area contributed by atoms with Gasteiger partial charge in [-0.3, -0.25) is 5.43 Å². The SMILES string of the molecule is COc1ccc(/C=N\NC(=S)Nc2cccc(C)c2C)cc1OC. The average Bonchev–Trinajstić information content (AvgIpc) is 2.58. The molecule has 0 aromatic heterocycles. The van der Waals surface area contributed by atoms with Crippen LogP contribution in [0.2, 0.25) is 0 Å². The van der Waals surface area contributed by atoms with Crippen LogP contribution in [0.25, 0.3) is 0 Å². The van der Waals surface area contributed by atoms with E-state index in [9.17, 15) is 0 Å². The molecular weight excluding hydrogens is 322 g/mol. The minimum Gasteiger partial charge on any atom is -0.493 e. The van der Waals surface area contributed by atoms with Gasteiger partial charge in [0, 0.05) is 5.69 Å². The zero-order chi connectivity index (χ0) is 17.5. The van der Waals surface area contributed by atoms with E-state index < -0.39 is 0 Å². The van der Waals surface area contributed by atoms with E-state index in [1.807, 2.05) is 37.3 Å². The molecule has 0 heterocycles. The van der Waals surface area contributed by atoms with E-state index in [0.717, 1.165) is 16.8 Å². The lowest BCUT2D eigenvalue weighted by Gasteiger charge is -2.11. The molecule has 0 amide bonds. The molecule has 0 aliphatic rings. The Morgan fingerprint density at radius 3 is 2.54 bits per heavy atom. The summed E-state index contributed by atoms with van der Waals surface area (Å²) in [6.45, 7) is 4.11. The Hall–Kier alpha value is -2.60. The summed E-state index contributed by atoms with van der Waals surface area (Å²) in [7, 11) is 3.20. The lowest BCUT2D eigenvalue weighted by atomic mass is 10.1. The van der Waals surface area contributed by atoms with Crippen molar-refractivity contribution in [3.05, 3.63) is 53.1 Å². The first-order valence-corrected chi connectivity index (χ1v) is 7.84. The molecule has 2 rings (SSSR count). The molecule has 6 heteroatoms. The minimum atomic E-state index is 0.431. The number of rotatable bonds is 5. The van der Waals surface area contributed by atoms with Crippen LogP contribution in [0.1, 0.15) is 16.7 Å². The van der Waals surface area contributed by atoms with Crippen molar-refractivity contribution in [1.29, 1.82) is 0 Å². The van der Waals surface area contributed by atoms with E-state index in [1.165, 1.54) is 5.56 Å². The fourth-order valence-corrected chi connectivity index (χ4v) is 2.30. The topological polar surface area (TPSA) is 54.9 Å². The van der Waals surface area contributed by atoms with Crippen molar-refractivity contribution >= 4 is 29.2 Å². The van der Waals surface area contributed by atoms with Gasteiger partial charge in [0.2, 0.25) is 0 Å². The van der Waals surface area contributed by atoms with Crippen LogP contribution >= 0.6 is 12.2 Å². The monoisotopic (exact) mass is 343 g/mol. The van der Waals surface area contributed by atoms with Gasteiger partial charge in [-0.1, -0.05) is 12.1 Å². The van der Waals surface area contributed by atoms with E-state index in [4.69, 9.17) is 21.7 Å². The normalized spacial score (nSPS) is 10.5. The number of hydrogen-bond acceptors (Lipinski definition) is 4. The van der Waals surface area contributed by atoms with Gasteiger partial charge in [0.15, 0.2) is 16.6 Å². The fraction of sp³-hybridized carbons (Fsp3) is 0.222. The zero-order valence-electron chi connectivity index (χ0n) is 14.2. The molecule has 0 atom stereocenters. The molecule has 0 aliphatic carbocycles. The minimum absolute atomic E-state index is 0.431. The van der Waals surface area contributed by atoms with E-state index in [-0.39, 0.29) is 0 Å². The predicted molar refractivity (Wildman–Crippen MR) is 102 cm³/mol. The summed E-state index contributed by atoms with van der Waals surface area (Å²) >= 11 is 5.26. The van der Waals surface area contributed by atoms with E-state index in [1.54, 1.807) is 20.4 Å². The van der Waals surface area contributed by atoms with Crippen LogP contribution in [0.5, 0.6) is 11.5 Å². The molecule has 0 aliphatic heterocycles. The Morgan fingerprint density at radius 1 is 1.08 bits per heavy atom. The van der Waals surface area contributed by atoms with E-state index in [0.29, 0.717) is 16.6 Å². The van der Waals surface area contributed by atoms with Crippen LogP contribution in [0, 0.1) is 13.8 Å². The Kier molecular flexibility index (Phi) is 6.14. The zero-order valence-corrected chi connectivity index (χ0v) is 15.0. The summed E-state index contributed by atoms with van der Waals surface area (Å²) in [6, 6.07) is 11.6. The third-order valence-electron chi connectivity index (χ3n) is 3.64. The predicted octanol–water partition coefficient (Wildman–Crippen LogP) is 3.64. The summed E-state index contributed by atoms with van der Waals surface area (Å²) in [6.07, 6.45) is 1.67. The molecule has 5 nitrogen and oxygen atoms in total.